The van der Waals surface area contributed by atoms with E-state index in [1.165, 1.54) is 12.1 Å². The number of rotatable bonds is 8. The number of benzene rings is 3. The van der Waals surface area contributed by atoms with Gasteiger partial charge in [-0.25, -0.2) is 4.68 Å². The second-order valence-corrected chi connectivity index (χ2v) is 7.09. The highest BCUT2D eigenvalue weighted by atomic mass is 16.5. The Labute approximate surface area is 179 Å². The van der Waals surface area contributed by atoms with Crippen LogP contribution in [0.25, 0.3) is 16.7 Å². The fraction of sp³-hybridized carbons (Fsp3) is 0.174. The number of hydrogen-bond donors (Lipinski definition) is 2. The van der Waals surface area contributed by atoms with Gasteiger partial charge in [-0.15, -0.1) is 11.0 Å². The van der Waals surface area contributed by atoms with Crippen molar-refractivity contribution in [3.8, 4) is 5.69 Å². The van der Waals surface area contributed by atoms with E-state index in [-0.39, 0.29) is 24.4 Å². The van der Waals surface area contributed by atoms with Gasteiger partial charge in [0, 0.05) is 19.5 Å². The molecule has 1 heterocycles. The molecule has 0 saturated carbocycles. The molecule has 0 unspecified atom stereocenters. The maximum absolute atomic E-state index is 12.4. The van der Waals surface area contributed by atoms with Gasteiger partial charge in [0.2, 0.25) is 5.91 Å². The third-order valence-electron chi connectivity index (χ3n) is 4.89. The van der Waals surface area contributed by atoms with Gasteiger partial charge in [-0.1, -0.05) is 65.4 Å². The summed E-state index contributed by atoms with van der Waals surface area (Å²) in [5.74, 6) is -3.00. The lowest BCUT2D eigenvalue weighted by Gasteiger charge is -2.50. The standard InChI is InChI=1S/C23H21N5O3/c29-22(24-16-17-6-2-1-3-7-17)14-15-25-23(30,31)18-10-12-19(13-11-18)28-21-9-5-4-8-20(21)26-27-28/h1-13,25H,14-16H2,(H,24,29)/q-2. The Balaban J connectivity index is 1.32. The normalized spacial score (nSPS) is 11.5. The molecule has 2 N–H and O–H groups in total. The lowest BCUT2D eigenvalue weighted by atomic mass is 10.1. The lowest BCUT2D eigenvalue weighted by molar-refractivity contribution is -0.744. The lowest BCUT2D eigenvalue weighted by Crippen LogP contribution is -2.63. The first-order valence-corrected chi connectivity index (χ1v) is 9.91. The van der Waals surface area contributed by atoms with Crippen LogP contribution in [0.2, 0.25) is 0 Å². The molecule has 1 aromatic heterocycles. The molecule has 8 nitrogen and oxygen atoms in total. The number of amides is 1. The summed E-state index contributed by atoms with van der Waals surface area (Å²) in [6, 6.07) is 23.2. The van der Waals surface area contributed by atoms with Crippen LogP contribution in [0.1, 0.15) is 17.5 Å². The molecule has 0 bridgehead atoms. The van der Waals surface area contributed by atoms with Crippen LogP contribution >= 0.6 is 0 Å². The zero-order valence-electron chi connectivity index (χ0n) is 16.7. The van der Waals surface area contributed by atoms with Crippen molar-refractivity contribution in [3.63, 3.8) is 0 Å². The number of nitrogens with zero attached hydrogens (tertiary/aromatic N) is 3. The summed E-state index contributed by atoms with van der Waals surface area (Å²) in [6.45, 7) is 0.376. The van der Waals surface area contributed by atoms with Gasteiger partial charge in [0.15, 0.2) is 0 Å². The molecular formula is C23H21N5O3-2. The first-order valence-electron chi connectivity index (χ1n) is 9.91. The molecule has 4 rings (SSSR count). The van der Waals surface area contributed by atoms with Crippen LogP contribution in [-0.4, -0.2) is 27.4 Å². The minimum atomic E-state index is -2.76. The smallest absolute Gasteiger partial charge is 0.221 e. The van der Waals surface area contributed by atoms with Gasteiger partial charge in [0.25, 0.3) is 0 Å². The Morgan fingerprint density at radius 1 is 0.935 bits per heavy atom. The third kappa shape index (κ3) is 4.95. The van der Waals surface area contributed by atoms with Gasteiger partial charge in [-0.2, -0.15) is 0 Å². The molecule has 8 heteroatoms. The molecule has 0 fully saturated rings. The Morgan fingerprint density at radius 2 is 1.65 bits per heavy atom. The molecule has 0 radical (unpaired) electrons. The van der Waals surface area contributed by atoms with E-state index in [1.807, 2.05) is 54.6 Å². The van der Waals surface area contributed by atoms with Crippen LogP contribution in [0.3, 0.4) is 0 Å². The Bertz CT molecular complexity index is 1160. The van der Waals surface area contributed by atoms with Gasteiger partial charge >= 0.3 is 0 Å². The summed E-state index contributed by atoms with van der Waals surface area (Å²) >= 11 is 0. The van der Waals surface area contributed by atoms with Crippen molar-refractivity contribution in [3.05, 3.63) is 90.0 Å². The van der Waals surface area contributed by atoms with Crippen molar-refractivity contribution in [2.75, 3.05) is 6.54 Å². The minimum absolute atomic E-state index is 0.0247. The van der Waals surface area contributed by atoms with E-state index in [4.69, 9.17) is 0 Å². The summed E-state index contributed by atoms with van der Waals surface area (Å²) in [5, 5.41) is 38.2. The fourth-order valence-electron chi connectivity index (χ4n) is 3.21. The Hall–Kier alpha value is -3.59. The number of para-hydroxylation sites is 1. The van der Waals surface area contributed by atoms with Gasteiger partial charge in [0.05, 0.1) is 11.2 Å². The van der Waals surface area contributed by atoms with Crippen LogP contribution in [0.15, 0.2) is 78.9 Å². The van der Waals surface area contributed by atoms with Crippen molar-refractivity contribution < 1.29 is 15.0 Å². The second kappa shape index (κ2) is 9.05. The monoisotopic (exact) mass is 415 g/mol. The van der Waals surface area contributed by atoms with E-state index in [2.05, 4.69) is 20.9 Å². The second-order valence-electron chi connectivity index (χ2n) is 7.09. The highest BCUT2D eigenvalue weighted by Crippen LogP contribution is 2.18. The number of carbonyl (C=O) groups is 1. The van der Waals surface area contributed by atoms with Crippen LogP contribution in [0.4, 0.5) is 0 Å². The molecule has 0 saturated heterocycles. The van der Waals surface area contributed by atoms with Gasteiger partial charge < -0.3 is 20.8 Å². The van der Waals surface area contributed by atoms with Crippen molar-refractivity contribution in [2.24, 2.45) is 0 Å². The fourth-order valence-corrected chi connectivity index (χ4v) is 3.21. The Kier molecular flexibility index (Phi) is 6.03. The van der Waals surface area contributed by atoms with Crippen LogP contribution in [0, 0.1) is 0 Å². The van der Waals surface area contributed by atoms with E-state index >= 15 is 0 Å². The molecule has 1 amide bonds. The zero-order valence-corrected chi connectivity index (χ0v) is 16.7. The van der Waals surface area contributed by atoms with Crippen LogP contribution in [-0.2, 0) is 17.3 Å². The predicted octanol–water partition coefficient (Wildman–Crippen LogP) is 0.548. The minimum Gasteiger partial charge on any atom is -0.848 e. The summed E-state index contributed by atoms with van der Waals surface area (Å²) in [6.07, 6.45) is 0.0299. The molecule has 0 aliphatic rings. The van der Waals surface area contributed by atoms with Gasteiger partial charge in [-0.05, 0) is 29.8 Å². The van der Waals surface area contributed by atoms with E-state index < -0.39 is 5.91 Å². The molecule has 0 atom stereocenters. The quantitative estimate of drug-likeness (QED) is 0.406. The zero-order chi connectivity index (χ0) is 21.7. The SMILES string of the molecule is O=C(CCNC([O-])([O-])c1ccc(-n2nnc3ccccc32)cc1)NCc1ccccc1. The summed E-state index contributed by atoms with van der Waals surface area (Å²) in [7, 11) is 0. The highest BCUT2D eigenvalue weighted by Gasteiger charge is 2.09. The van der Waals surface area contributed by atoms with Gasteiger partial charge in [0.1, 0.15) is 5.52 Å². The topological polar surface area (TPSA) is 118 Å². The number of aromatic nitrogens is 3. The average molecular weight is 415 g/mol. The number of nitrogens with one attached hydrogen (secondary N) is 2. The molecule has 3 aromatic carbocycles. The number of fused-ring (bicyclic) bond motifs is 1. The third-order valence-corrected chi connectivity index (χ3v) is 4.89. The van der Waals surface area contributed by atoms with Crippen molar-refractivity contribution in [1.82, 2.24) is 25.6 Å². The van der Waals surface area contributed by atoms with E-state index in [0.717, 1.165) is 16.6 Å². The maximum atomic E-state index is 12.4. The molecule has 31 heavy (non-hydrogen) atoms. The average Bonchev–Trinajstić information content (AvgIpc) is 3.23. The summed E-state index contributed by atoms with van der Waals surface area (Å²) in [4.78, 5) is 12.0. The largest absolute Gasteiger partial charge is 0.848 e. The summed E-state index contributed by atoms with van der Waals surface area (Å²) < 4.78 is 1.64. The van der Waals surface area contributed by atoms with Crippen molar-refractivity contribution in [2.45, 2.75) is 18.9 Å². The predicted molar refractivity (Wildman–Crippen MR) is 111 cm³/mol. The number of carbonyl (C=O) groups excluding carboxylic acids is 1. The first-order chi connectivity index (χ1) is 15.0. The van der Waals surface area contributed by atoms with Crippen molar-refractivity contribution in [1.29, 1.82) is 0 Å². The van der Waals surface area contributed by atoms with E-state index in [0.29, 0.717) is 12.2 Å². The highest BCUT2D eigenvalue weighted by molar-refractivity contribution is 5.76. The molecule has 0 spiro atoms. The molecule has 158 valence electrons. The van der Waals surface area contributed by atoms with Crippen molar-refractivity contribution >= 4 is 16.9 Å². The van der Waals surface area contributed by atoms with Crippen LogP contribution < -0.4 is 20.8 Å². The molecule has 0 aliphatic carbocycles. The molecule has 4 aromatic rings. The first kappa shape index (κ1) is 20.7. The maximum Gasteiger partial charge on any atom is 0.221 e. The molecule has 0 aliphatic heterocycles. The molecular weight excluding hydrogens is 394 g/mol. The van der Waals surface area contributed by atoms with Crippen LogP contribution in [0.5, 0.6) is 0 Å². The van der Waals surface area contributed by atoms with Gasteiger partial charge in [-0.3, -0.25) is 4.79 Å². The van der Waals surface area contributed by atoms with E-state index in [9.17, 15) is 15.0 Å². The Morgan fingerprint density at radius 3 is 2.42 bits per heavy atom. The summed E-state index contributed by atoms with van der Waals surface area (Å²) in [5.41, 5.74) is 3.27. The number of hydrogen-bond acceptors (Lipinski definition) is 6. The van der Waals surface area contributed by atoms with E-state index in [1.54, 1.807) is 16.8 Å².